The normalized spacial score (nSPS) is 14.2. The van der Waals surface area contributed by atoms with Crippen LogP contribution in [0.2, 0.25) is 0 Å². The van der Waals surface area contributed by atoms with Crippen molar-refractivity contribution in [1.29, 1.82) is 0 Å². The number of aromatic nitrogens is 2. The number of hydrogen-bond acceptors (Lipinski definition) is 2. The Labute approximate surface area is 207 Å². The minimum Gasteiger partial charge on any atom is -0.309 e. The molecule has 0 N–H and O–H groups in total. The van der Waals surface area contributed by atoms with Gasteiger partial charge in [-0.25, -0.2) is 4.98 Å². The maximum atomic E-state index is 4.48. The minimum absolute atomic E-state index is 0.0330. The van der Waals surface area contributed by atoms with Crippen molar-refractivity contribution < 1.29 is 0 Å². The number of hydrogen-bond donors (Lipinski definition) is 0. The van der Waals surface area contributed by atoms with Crippen LogP contribution in [0, 0.1) is 0 Å². The second kappa shape index (κ2) is 6.59. The zero-order valence-corrected chi connectivity index (χ0v) is 20.4. The van der Waals surface area contributed by atoms with E-state index in [1.165, 1.54) is 65.2 Å². The van der Waals surface area contributed by atoms with E-state index in [0.29, 0.717) is 0 Å². The average molecular weight is 467 g/mol. The topological polar surface area (TPSA) is 17.8 Å². The van der Waals surface area contributed by atoms with Crippen LogP contribution in [0.25, 0.3) is 59.6 Å². The van der Waals surface area contributed by atoms with Gasteiger partial charge in [-0.1, -0.05) is 68.4 Å². The third-order valence-electron chi connectivity index (χ3n) is 7.90. The highest BCUT2D eigenvalue weighted by molar-refractivity contribution is 7.16. The molecule has 0 unspecified atom stereocenters. The van der Waals surface area contributed by atoms with E-state index in [0.717, 1.165) is 5.52 Å². The van der Waals surface area contributed by atoms with Crippen molar-refractivity contribution in [3.8, 4) is 16.8 Å². The maximum absolute atomic E-state index is 4.48. The molecule has 1 aliphatic rings. The molecule has 166 valence electrons. The van der Waals surface area contributed by atoms with Crippen LogP contribution in [0.3, 0.4) is 0 Å². The van der Waals surface area contributed by atoms with Gasteiger partial charge >= 0.3 is 0 Å². The Hall–Kier alpha value is -3.95. The molecule has 2 aromatic heterocycles. The number of fused-ring (bicyclic) bond motifs is 9. The number of nitrogens with zero attached hydrogens (tertiary/aromatic N) is 2. The Morgan fingerprint density at radius 1 is 0.714 bits per heavy atom. The summed E-state index contributed by atoms with van der Waals surface area (Å²) in [5.74, 6) is 0. The summed E-state index contributed by atoms with van der Waals surface area (Å²) in [6.07, 6.45) is 0. The van der Waals surface area contributed by atoms with Gasteiger partial charge in [0, 0.05) is 21.9 Å². The molecule has 7 aromatic rings. The van der Waals surface area contributed by atoms with Crippen LogP contribution in [0.5, 0.6) is 0 Å². The molecule has 3 heteroatoms. The summed E-state index contributed by atoms with van der Waals surface area (Å²) >= 11 is 1.69. The fraction of sp³-hybridized carbons (Fsp3) is 0.0938. The predicted molar refractivity (Wildman–Crippen MR) is 149 cm³/mol. The highest BCUT2D eigenvalue weighted by atomic mass is 32.1. The highest BCUT2D eigenvalue weighted by Gasteiger charge is 2.36. The van der Waals surface area contributed by atoms with Crippen molar-refractivity contribution >= 4 is 54.1 Å². The fourth-order valence-corrected chi connectivity index (χ4v) is 7.05. The van der Waals surface area contributed by atoms with E-state index in [9.17, 15) is 0 Å². The molecule has 0 saturated carbocycles. The summed E-state index contributed by atoms with van der Waals surface area (Å²) < 4.78 is 3.63. The first-order valence-corrected chi connectivity index (χ1v) is 12.9. The van der Waals surface area contributed by atoms with Crippen LogP contribution in [0.15, 0.2) is 96.5 Å². The van der Waals surface area contributed by atoms with Gasteiger partial charge in [0.1, 0.15) is 0 Å². The molecule has 8 rings (SSSR count). The summed E-state index contributed by atoms with van der Waals surface area (Å²) in [4.78, 5) is 4.48. The van der Waals surface area contributed by atoms with Crippen LogP contribution >= 0.6 is 11.3 Å². The lowest BCUT2D eigenvalue weighted by Gasteiger charge is -2.23. The van der Waals surface area contributed by atoms with E-state index in [1.807, 2.05) is 5.51 Å². The SMILES string of the molecule is CC1(C)c2ccccc2-c2ccc3cc4c(cc3c21)c1ccccc1n4-c1ccc2ncsc2c1. The van der Waals surface area contributed by atoms with Gasteiger partial charge < -0.3 is 4.57 Å². The largest absolute Gasteiger partial charge is 0.309 e. The van der Waals surface area contributed by atoms with Crippen molar-refractivity contribution in [1.82, 2.24) is 9.55 Å². The molecule has 2 nitrogen and oxygen atoms in total. The van der Waals surface area contributed by atoms with E-state index in [4.69, 9.17) is 0 Å². The van der Waals surface area contributed by atoms with Crippen molar-refractivity contribution in [2.24, 2.45) is 0 Å². The molecular formula is C32H22N2S. The molecule has 0 spiro atoms. The van der Waals surface area contributed by atoms with E-state index in [1.54, 1.807) is 11.3 Å². The molecule has 35 heavy (non-hydrogen) atoms. The summed E-state index contributed by atoms with van der Waals surface area (Å²) in [5, 5.41) is 5.24. The Morgan fingerprint density at radius 2 is 1.57 bits per heavy atom. The van der Waals surface area contributed by atoms with Crippen LogP contribution in [0.4, 0.5) is 0 Å². The zero-order chi connectivity index (χ0) is 23.3. The lowest BCUT2D eigenvalue weighted by Crippen LogP contribution is -2.15. The van der Waals surface area contributed by atoms with Gasteiger partial charge in [0.2, 0.25) is 0 Å². The second-order valence-electron chi connectivity index (χ2n) is 10.1. The fourth-order valence-electron chi connectivity index (χ4n) is 6.34. The van der Waals surface area contributed by atoms with E-state index < -0.39 is 0 Å². The molecule has 0 amide bonds. The Bertz CT molecular complexity index is 1990. The molecule has 5 aromatic carbocycles. The Balaban J connectivity index is 1.50. The van der Waals surface area contributed by atoms with Crippen LogP contribution in [0.1, 0.15) is 25.0 Å². The van der Waals surface area contributed by atoms with Crippen LogP contribution in [-0.4, -0.2) is 9.55 Å². The van der Waals surface area contributed by atoms with Crippen LogP contribution in [-0.2, 0) is 5.41 Å². The molecule has 0 aliphatic heterocycles. The number of para-hydroxylation sites is 1. The third kappa shape index (κ3) is 2.46. The molecule has 0 bridgehead atoms. The predicted octanol–water partition coefficient (Wildman–Crippen LogP) is 8.85. The lowest BCUT2D eigenvalue weighted by atomic mass is 9.80. The minimum atomic E-state index is -0.0330. The summed E-state index contributed by atoms with van der Waals surface area (Å²) in [6.45, 7) is 4.74. The molecule has 0 atom stereocenters. The number of benzene rings is 5. The van der Waals surface area contributed by atoms with E-state index in [2.05, 4.69) is 114 Å². The van der Waals surface area contributed by atoms with Gasteiger partial charge in [0.25, 0.3) is 0 Å². The molecule has 0 fully saturated rings. The summed E-state index contributed by atoms with van der Waals surface area (Å²) in [5.41, 5.74) is 12.2. The maximum Gasteiger partial charge on any atom is 0.0813 e. The van der Waals surface area contributed by atoms with Gasteiger partial charge in [-0.3, -0.25) is 0 Å². The zero-order valence-electron chi connectivity index (χ0n) is 19.5. The molecule has 0 radical (unpaired) electrons. The van der Waals surface area contributed by atoms with Gasteiger partial charge in [-0.15, -0.1) is 11.3 Å². The number of rotatable bonds is 1. The van der Waals surface area contributed by atoms with E-state index >= 15 is 0 Å². The molecule has 1 aliphatic carbocycles. The summed E-state index contributed by atoms with van der Waals surface area (Å²) in [7, 11) is 0. The quantitative estimate of drug-likeness (QED) is 0.236. The van der Waals surface area contributed by atoms with Crippen molar-refractivity contribution in [2.45, 2.75) is 19.3 Å². The average Bonchev–Trinajstić information content (AvgIpc) is 3.54. The standard InChI is InChI=1S/C32H22N2S/c1-32(2)26-9-5-3-7-21(26)23-13-11-19-15-29-25(17-24(19)31(23)32)22-8-4-6-10-28(22)34(29)20-12-14-27-30(16-20)35-18-33-27/h3-18H,1-2H3. The lowest BCUT2D eigenvalue weighted by molar-refractivity contribution is 0.666. The van der Waals surface area contributed by atoms with Crippen molar-refractivity contribution in [3.63, 3.8) is 0 Å². The van der Waals surface area contributed by atoms with E-state index in [-0.39, 0.29) is 5.41 Å². The molecule has 0 saturated heterocycles. The van der Waals surface area contributed by atoms with Gasteiger partial charge in [0.05, 0.1) is 26.8 Å². The Morgan fingerprint density at radius 3 is 2.51 bits per heavy atom. The first-order chi connectivity index (χ1) is 17.1. The van der Waals surface area contributed by atoms with Gasteiger partial charge in [0.15, 0.2) is 0 Å². The van der Waals surface area contributed by atoms with Crippen molar-refractivity contribution in [3.05, 3.63) is 108 Å². The third-order valence-corrected chi connectivity index (χ3v) is 8.69. The number of thiazole rings is 1. The van der Waals surface area contributed by atoms with Gasteiger partial charge in [-0.05, 0) is 69.4 Å². The van der Waals surface area contributed by atoms with Crippen LogP contribution < -0.4 is 0 Å². The first-order valence-electron chi connectivity index (χ1n) is 12.1. The first kappa shape index (κ1) is 19.4. The highest BCUT2D eigenvalue weighted by Crippen LogP contribution is 2.52. The summed E-state index contributed by atoms with van der Waals surface area (Å²) in [6, 6.07) is 33.7. The Kier molecular flexibility index (Phi) is 3.64. The van der Waals surface area contributed by atoms with Gasteiger partial charge in [-0.2, -0.15) is 0 Å². The monoisotopic (exact) mass is 466 g/mol. The smallest absolute Gasteiger partial charge is 0.0813 e. The molecular weight excluding hydrogens is 444 g/mol. The molecule has 2 heterocycles. The second-order valence-corrected chi connectivity index (χ2v) is 11.0. The van der Waals surface area contributed by atoms with Crippen molar-refractivity contribution in [2.75, 3.05) is 0 Å².